The van der Waals surface area contributed by atoms with Crippen molar-refractivity contribution in [1.29, 1.82) is 0 Å². The van der Waals surface area contributed by atoms with E-state index in [0.717, 1.165) is 22.2 Å². The minimum atomic E-state index is -2.31. The van der Waals surface area contributed by atoms with Gasteiger partial charge in [-0.15, -0.1) is 11.8 Å². The number of benzene rings is 1. The van der Waals surface area contributed by atoms with Gasteiger partial charge in [-0.2, -0.15) is 0 Å². The van der Waals surface area contributed by atoms with E-state index in [9.17, 15) is 8.78 Å². The predicted molar refractivity (Wildman–Crippen MR) is 56.1 cm³/mol. The molecule has 78 valence electrons. The van der Waals surface area contributed by atoms with Gasteiger partial charge in [-0.25, -0.2) is 8.78 Å². The Labute approximate surface area is 90.6 Å². The number of thioether (sulfide) groups is 1. The smallest absolute Gasteiger partial charge is 0.247 e. The minimum Gasteiger partial charge on any atom is -0.326 e. The van der Waals surface area contributed by atoms with Crippen LogP contribution in [0.15, 0.2) is 23.1 Å². The molecule has 0 aliphatic heterocycles. The molecule has 0 spiro atoms. The van der Waals surface area contributed by atoms with Crippen molar-refractivity contribution in [3.8, 4) is 0 Å². The fourth-order valence-corrected chi connectivity index (χ4v) is 2.07. The van der Waals surface area contributed by atoms with Gasteiger partial charge in [0.1, 0.15) is 0 Å². The topological polar surface area (TPSA) is 26.0 Å². The summed E-state index contributed by atoms with van der Waals surface area (Å²) in [6.45, 7) is 0.364. The van der Waals surface area contributed by atoms with Crippen molar-refractivity contribution in [3.05, 3.63) is 28.8 Å². The van der Waals surface area contributed by atoms with Crippen LogP contribution in [0.25, 0.3) is 0 Å². The van der Waals surface area contributed by atoms with Crippen LogP contribution in [-0.4, -0.2) is 12.2 Å². The third kappa shape index (κ3) is 3.82. The molecule has 1 aromatic rings. The van der Waals surface area contributed by atoms with Crippen LogP contribution in [0.4, 0.5) is 8.78 Å². The number of hydrogen-bond acceptors (Lipinski definition) is 2. The third-order valence-corrected chi connectivity index (χ3v) is 2.75. The highest BCUT2D eigenvalue weighted by Crippen LogP contribution is 2.25. The lowest BCUT2D eigenvalue weighted by Crippen LogP contribution is -1.97. The fourth-order valence-electron chi connectivity index (χ4n) is 0.981. The second kappa shape index (κ2) is 5.53. The normalized spacial score (nSPS) is 10.9. The second-order valence-corrected chi connectivity index (χ2v) is 4.23. The zero-order valence-electron chi connectivity index (χ0n) is 7.34. The quantitative estimate of drug-likeness (QED) is 0.815. The lowest BCUT2D eigenvalue weighted by molar-refractivity contribution is 0.177. The van der Waals surface area contributed by atoms with Crippen molar-refractivity contribution in [1.82, 2.24) is 0 Å². The first-order chi connectivity index (χ1) is 6.61. The predicted octanol–water partition coefficient (Wildman–Crippen LogP) is 3.16. The van der Waals surface area contributed by atoms with Crippen molar-refractivity contribution in [2.45, 2.75) is 17.9 Å². The molecular formula is C9H10ClF2NS. The Kier molecular flexibility index (Phi) is 4.65. The van der Waals surface area contributed by atoms with Crippen molar-refractivity contribution < 1.29 is 8.78 Å². The van der Waals surface area contributed by atoms with Crippen molar-refractivity contribution in [2.75, 3.05) is 5.75 Å². The third-order valence-electron chi connectivity index (χ3n) is 1.54. The van der Waals surface area contributed by atoms with Gasteiger partial charge < -0.3 is 5.73 Å². The van der Waals surface area contributed by atoms with Gasteiger partial charge in [-0.1, -0.05) is 11.6 Å². The molecule has 5 heteroatoms. The molecule has 0 aliphatic rings. The van der Waals surface area contributed by atoms with Crippen LogP contribution in [0.2, 0.25) is 5.02 Å². The maximum Gasteiger partial charge on any atom is 0.247 e. The monoisotopic (exact) mass is 237 g/mol. The first kappa shape index (κ1) is 11.8. The summed E-state index contributed by atoms with van der Waals surface area (Å²) in [6, 6.07) is 5.17. The summed E-state index contributed by atoms with van der Waals surface area (Å²) in [6.07, 6.45) is -2.31. The molecule has 1 aromatic carbocycles. The lowest BCUT2D eigenvalue weighted by Gasteiger charge is -2.04. The van der Waals surface area contributed by atoms with Crippen LogP contribution in [0.1, 0.15) is 5.56 Å². The summed E-state index contributed by atoms with van der Waals surface area (Å²) in [7, 11) is 0. The number of rotatable bonds is 4. The molecule has 0 aliphatic carbocycles. The summed E-state index contributed by atoms with van der Waals surface area (Å²) in [5.41, 5.74) is 6.28. The Bertz CT molecular complexity index is 307. The minimum absolute atomic E-state index is 0.218. The van der Waals surface area contributed by atoms with Gasteiger partial charge in [0.2, 0.25) is 6.43 Å². The summed E-state index contributed by atoms with van der Waals surface area (Å²) >= 11 is 6.87. The highest BCUT2D eigenvalue weighted by atomic mass is 35.5. The zero-order chi connectivity index (χ0) is 10.6. The van der Waals surface area contributed by atoms with E-state index < -0.39 is 6.43 Å². The van der Waals surface area contributed by atoms with E-state index in [1.165, 1.54) is 0 Å². The zero-order valence-corrected chi connectivity index (χ0v) is 8.92. The van der Waals surface area contributed by atoms with E-state index in [-0.39, 0.29) is 5.75 Å². The first-order valence-corrected chi connectivity index (χ1v) is 5.38. The molecule has 14 heavy (non-hydrogen) atoms. The van der Waals surface area contributed by atoms with Gasteiger partial charge in [-0.05, 0) is 23.8 Å². The molecule has 0 aromatic heterocycles. The molecular weight excluding hydrogens is 228 g/mol. The molecule has 2 N–H and O–H groups in total. The lowest BCUT2D eigenvalue weighted by atomic mass is 10.2. The molecule has 0 heterocycles. The average Bonchev–Trinajstić information content (AvgIpc) is 2.14. The van der Waals surface area contributed by atoms with Crippen LogP contribution in [-0.2, 0) is 6.54 Å². The fraction of sp³-hybridized carbons (Fsp3) is 0.333. The Morgan fingerprint density at radius 3 is 2.64 bits per heavy atom. The van der Waals surface area contributed by atoms with Gasteiger partial charge >= 0.3 is 0 Å². The van der Waals surface area contributed by atoms with Gasteiger partial charge in [-0.3, -0.25) is 0 Å². The van der Waals surface area contributed by atoms with E-state index in [1.54, 1.807) is 18.2 Å². The number of halogens is 3. The maximum absolute atomic E-state index is 11.9. The summed E-state index contributed by atoms with van der Waals surface area (Å²) < 4.78 is 23.8. The molecule has 0 bridgehead atoms. The molecule has 0 fully saturated rings. The molecule has 0 atom stereocenters. The highest BCUT2D eigenvalue weighted by molar-refractivity contribution is 7.99. The van der Waals surface area contributed by atoms with E-state index in [2.05, 4.69) is 0 Å². The second-order valence-electron chi connectivity index (χ2n) is 2.70. The summed E-state index contributed by atoms with van der Waals surface area (Å²) in [5.74, 6) is -0.218. The number of nitrogens with two attached hydrogens (primary N) is 1. The van der Waals surface area contributed by atoms with Crippen molar-refractivity contribution >= 4 is 23.4 Å². The molecule has 0 unspecified atom stereocenters. The number of hydrogen-bond donors (Lipinski definition) is 1. The molecule has 1 nitrogen and oxygen atoms in total. The van der Waals surface area contributed by atoms with Crippen LogP contribution in [0, 0.1) is 0 Å². The van der Waals surface area contributed by atoms with E-state index in [0.29, 0.717) is 11.6 Å². The van der Waals surface area contributed by atoms with Gasteiger partial charge in [0.05, 0.1) is 5.75 Å². The number of alkyl halides is 2. The first-order valence-electron chi connectivity index (χ1n) is 4.02. The van der Waals surface area contributed by atoms with E-state index >= 15 is 0 Å². The van der Waals surface area contributed by atoms with Crippen molar-refractivity contribution in [3.63, 3.8) is 0 Å². The largest absolute Gasteiger partial charge is 0.326 e. The van der Waals surface area contributed by atoms with Gasteiger partial charge in [0.25, 0.3) is 0 Å². The standard InChI is InChI=1S/C9H10ClF2NS/c10-7-1-6(4-13)2-8(3-7)14-5-9(11)12/h1-3,9H,4-5,13H2. The Hall–Kier alpha value is -0.320. The van der Waals surface area contributed by atoms with Crippen LogP contribution in [0.3, 0.4) is 0 Å². The molecule has 0 saturated heterocycles. The van der Waals surface area contributed by atoms with E-state index in [4.69, 9.17) is 17.3 Å². The summed E-state index contributed by atoms with van der Waals surface area (Å²) in [5, 5.41) is 0.532. The Morgan fingerprint density at radius 1 is 1.36 bits per heavy atom. The molecule has 0 radical (unpaired) electrons. The highest BCUT2D eigenvalue weighted by Gasteiger charge is 2.05. The van der Waals surface area contributed by atoms with Crippen LogP contribution >= 0.6 is 23.4 Å². The van der Waals surface area contributed by atoms with Crippen LogP contribution in [0.5, 0.6) is 0 Å². The molecule has 0 saturated carbocycles. The van der Waals surface area contributed by atoms with Gasteiger partial charge in [0, 0.05) is 16.5 Å². The maximum atomic E-state index is 11.9. The Balaban J connectivity index is 2.71. The summed E-state index contributed by atoms with van der Waals surface area (Å²) in [4.78, 5) is 0.734. The SMILES string of the molecule is NCc1cc(Cl)cc(SCC(F)F)c1. The van der Waals surface area contributed by atoms with Gasteiger partial charge in [0.15, 0.2) is 0 Å². The van der Waals surface area contributed by atoms with Crippen LogP contribution < -0.4 is 5.73 Å². The molecule has 1 rings (SSSR count). The molecule has 0 amide bonds. The average molecular weight is 238 g/mol. The van der Waals surface area contributed by atoms with Crippen molar-refractivity contribution in [2.24, 2.45) is 5.73 Å². The Morgan fingerprint density at radius 2 is 2.07 bits per heavy atom. The van der Waals surface area contributed by atoms with E-state index in [1.807, 2.05) is 0 Å².